The average Bonchev–Trinajstić information content (AvgIpc) is 3.02. The van der Waals surface area contributed by atoms with E-state index in [0.29, 0.717) is 30.4 Å². The third-order valence-electron chi connectivity index (χ3n) is 3.41. The quantitative estimate of drug-likeness (QED) is 0.811. The van der Waals surface area contributed by atoms with Crippen molar-refractivity contribution in [1.82, 2.24) is 4.98 Å². The number of hydrogen-bond acceptors (Lipinski definition) is 6. The van der Waals surface area contributed by atoms with Gasteiger partial charge in [-0.1, -0.05) is 41.7 Å². The molecule has 0 bridgehead atoms. The van der Waals surface area contributed by atoms with E-state index in [1.165, 1.54) is 11.3 Å². The Morgan fingerprint density at radius 2 is 2.05 bits per heavy atom. The van der Waals surface area contributed by atoms with Crippen LogP contribution in [0.2, 0.25) is 0 Å². The first-order valence-electron chi connectivity index (χ1n) is 7.35. The van der Waals surface area contributed by atoms with Crippen LogP contribution >= 0.6 is 11.3 Å². The Kier molecular flexibility index (Phi) is 4.70. The number of nitrogens with zero attached hydrogens (tertiary/aromatic N) is 2. The van der Waals surface area contributed by atoms with Gasteiger partial charge >= 0.3 is 5.97 Å². The summed E-state index contributed by atoms with van der Waals surface area (Å²) in [6.07, 6.45) is 0. The first kappa shape index (κ1) is 15.0. The molecule has 0 radical (unpaired) electrons. The van der Waals surface area contributed by atoms with Gasteiger partial charge in [0.15, 0.2) is 5.13 Å². The summed E-state index contributed by atoms with van der Waals surface area (Å²) in [5.41, 5.74) is 1.63. The molecule has 5 nitrogen and oxygen atoms in total. The predicted octanol–water partition coefficient (Wildman–Crippen LogP) is 2.82. The minimum absolute atomic E-state index is 0.307. The molecule has 1 aromatic heterocycles. The molecule has 1 aliphatic heterocycles. The molecule has 1 fully saturated rings. The van der Waals surface area contributed by atoms with E-state index in [0.717, 1.165) is 23.8 Å². The number of anilines is 1. The van der Waals surface area contributed by atoms with Crippen molar-refractivity contribution >= 4 is 22.4 Å². The summed E-state index contributed by atoms with van der Waals surface area (Å²) in [6.45, 7) is 5.14. The van der Waals surface area contributed by atoms with Gasteiger partial charge in [-0.2, -0.15) is 0 Å². The third kappa shape index (κ3) is 3.13. The van der Waals surface area contributed by atoms with E-state index >= 15 is 0 Å². The highest BCUT2D eigenvalue weighted by atomic mass is 32.1. The van der Waals surface area contributed by atoms with Crippen LogP contribution in [0.3, 0.4) is 0 Å². The summed E-state index contributed by atoms with van der Waals surface area (Å²) in [5.74, 6) is -0.307. The van der Waals surface area contributed by atoms with Crippen molar-refractivity contribution in [2.45, 2.75) is 6.92 Å². The van der Waals surface area contributed by atoms with E-state index in [1.807, 2.05) is 37.3 Å². The average molecular weight is 318 g/mol. The highest BCUT2D eigenvalue weighted by Crippen LogP contribution is 2.34. The van der Waals surface area contributed by atoms with Crippen LogP contribution < -0.4 is 4.90 Å². The number of thiazole rings is 1. The normalized spacial score (nSPS) is 14.9. The molecule has 2 heterocycles. The molecule has 22 heavy (non-hydrogen) atoms. The lowest BCUT2D eigenvalue weighted by Gasteiger charge is -2.26. The Morgan fingerprint density at radius 3 is 2.73 bits per heavy atom. The zero-order valence-corrected chi connectivity index (χ0v) is 13.3. The second-order valence-corrected chi connectivity index (χ2v) is 5.84. The van der Waals surface area contributed by atoms with E-state index < -0.39 is 0 Å². The van der Waals surface area contributed by atoms with Gasteiger partial charge in [-0.15, -0.1) is 0 Å². The van der Waals surface area contributed by atoms with Gasteiger partial charge in [0.25, 0.3) is 0 Å². The van der Waals surface area contributed by atoms with Crippen LogP contribution in [0.4, 0.5) is 5.13 Å². The molecular weight excluding hydrogens is 300 g/mol. The number of carbonyl (C=O) groups is 1. The molecule has 6 heteroatoms. The fourth-order valence-corrected chi connectivity index (χ4v) is 3.36. The third-order valence-corrected chi connectivity index (χ3v) is 4.50. The van der Waals surface area contributed by atoms with Gasteiger partial charge < -0.3 is 14.4 Å². The van der Waals surface area contributed by atoms with E-state index in [4.69, 9.17) is 14.5 Å². The number of rotatable bonds is 4. The van der Waals surface area contributed by atoms with Crippen LogP contribution in [-0.4, -0.2) is 43.9 Å². The maximum Gasteiger partial charge on any atom is 0.350 e. The lowest BCUT2D eigenvalue weighted by Crippen LogP contribution is -2.36. The fraction of sp³-hybridized carbons (Fsp3) is 0.375. The first-order chi connectivity index (χ1) is 10.8. The van der Waals surface area contributed by atoms with Crippen molar-refractivity contribution in [3.05, 3.63) is 35.2 Å². The smallest absolute Gasteiger partial charge is 0.350 e. The Balaban J connectivity index is 1.98. The standard InChI is InChI=1S/C16H18N2O3S/c1-2-21-15(19)14-13(12-6-4-3-5-7-12)17-16(22-14)18-8-10-20-11-9-18/h3-7H,2,8-11H2,1H3. The van der Waals surface area contributed by atoms with Crippen molar-refractivity contribution in [3.63, 3.8) is 0 Å². The molecule has 1 saturated heterocycles. The number of hydrogen-bond donors (Lipinski definition) is 0. The number of ether oxygens (including phenoxy) is 2. The second kappa shape index (κ2) is 6.89. The number of benzene rings is 1. The summed E-state index contributed by atoms with van der Waals surface area (Å²) < 4.78 is 10.6. The van der Waals surface area contributed by atoms with Crippen molar-refractivity contribution in [3.8, 4) is 11.3 Å². The maximum atomic E-state index is 12.2. The molecule has 0 saturated carbocycles. The Bertz CT molecular complexity index is 636. The molecule has 0 spiro atoms. The number of carbonyl (C=O) groups excluding carboxylic acids is 1. The molecule has 116 valence electrons. The minimum atomic E-state index is -0.307. The highest BCUT2D eigenvalue weighted by molar-refractivity contribution is 7.17. The number of morpholine rings is 1. The monoisotopic (exact) mass is 318 g/mol. The first-order valence-corrected chi connectivity index (χ1v) is 8.17. The Labute approximate surface area is 133 Å². The van der Waals surface area contributed by atoms with Crippen LogP contribution in [0.25, 0.3) is 11.3 Å². The molecule has 0 amide bonds. The van der Waals surface area contributed by atoms with E-state index in [2.05, 4.69) is 4.90 Å². The summed E-state index contributed by atoms with van der Waals surface area (Å²) in [7, 11) is 0. The zero-order valence-electron chi connectivity index (χ0n) is 12.4. The Hall–Kier alpha value is -1.92. The number of esters is 1. The molecule has 0 unspecified atom stereocenters. The highest BCUT2D eigenvalue weighted by Gasteiger charge is 2.24. The van der Waals surface area contributed by atoms with Gasteiger partial charge in [0, 0.05) is 18.7 Å². The lowest BCUT2D eigenvalue weighted by molar-refractivity contribution is 0.0532. The minimum Gasteiger partial charge on any atom is -0.462 e. The molecule has 3 rings (SSSR count). The Morgan fingerprint density at radius 1 is 1.32 bits per heavy atom. The topological polar surface area (TPSA) is 51.7 Å². The van der Waals surface area contributed by atoms with Crippen molar-refractivity contribution in [1.29, 1.82) is 0 Å². The van der Waals surface area contributed by atoms with Crippen molar-refractivity contribution in [2.24, 2.45) is 0 Å². The molecular formula is C16H18N2O3S. The van der Waals surface area contributed by atoms with Crippen molar-refractivity contribution < 1.29 is 14.3 Å². The largest absolute Gasteiger partial charge is 0.462 e. The van der Waals surface area contributed by atoms with Gasteiger partial charge in [-0.25, -0.2) is 9.78 Å². The lowest BCUT2D eigenvalue weighted by atomic mass is 10.1. The SMILES string of the molecule is CCOC(=O)c1sc(N2CCOCC2)nc1-c1ccccc1. The maximum absolute atomic E-state index is 12.2. The van der Waals surface area contributed by atoms with Gasteiger partial charge in [0.05, 0.1) is 25.5 Å². The van der Waals surface area contributed by atoms with Gasteiger partial charge in [-0.3, -0.25) is 0 Å². The number of aromatic nitrogens is 1. The van der Waals surface area contributed by atoms with Gasteiger partial charge in [-0.05, 0) is 6.92 Å². The summed E-state index contributed by atoms with van der Waals surface area (Å²) in [5, 5.41) is 0.852. The molecule has 1 aromatic carbocycles. The summed E-state index contributed by atoms with van der Waals surface area (Å²) in [6, 6.07) is 9.75. The fourth-order valence-electron chi connectivity index (χ4n) is 2.33. The van der Waals surface area contributed by atoms with Crippen LogP contribution in [0.1, 0.15) is 16.6 Å². The van der Waals surface area contributed by atoms with Crippen LogP contribution in [-0.2, 0) is 9.47 Å². The molecule has 0 N–H and O–H groups in total. The van der Waals surface area contributed by atoms with Crippen LogP contribution in [0, 0.1) is 0 Å². The summed E-state index contributed by atoms with van der Waals surface area (Å²) >= 11 is 1.39. The molecule has 0 aliphatic carbocycles. The molecule has 2 aromatic rings. The van der Waals surface area contributed by atoms with E-state index in [9.17, 15) is 4.79 Å². The van der Waals surface area contributed by atoms with Gasteiger partial charge in [0.2, 0.25) is 0 Å². The second-order valence-electron chi connectivity index (χ2n) is 4.86. The zero-order chi connectivity index (χ0) is 15.4. The van der Waals surface area contributed by atoms with Crippen molar-refractivity contribution in [2.75, 3.05) is 37.8 Å². The van der Waals surface area contributed by atoms with E-state index in [1.54, 1.807) is 0 Å². The predicted molar refractivity (Wildman–Crippen MR) is 86.5 cm³/mol. The molecule has 1 aliphatic rings. The summed E-state index contributed by atoms with van der Waals surface area (Å²) in [4.78, 5) is 19.7. The molecule has 0 atom stereocenters. The van der Waals surface area contributed by atoms with Crippen LogP contribution in [0.5, 0.6) is 0 Å². The van der Waals surface area contributed by atoms with Crippen LogP contribution in [0.15, 0.2) is 30.3 Å². The van der Waals surface area contributed by atoms with Gasteiger partial charge in [0.1, 0.15) is 4.88 Å². The van der Waals surface area contributed by atoms with E-state index in [-0.39, 0.29) is 5.97 Å².